The molecule has 0 unspecified atom stereocenters. The average molecular weight is 387 g/mol. The highest BCUT2D eigenvalue weighted by Gasteiger charge is 2.19. The number of thiazole rings is 2. The van der Waals surface area contributed by atoms with Crippen LogP contribution in [0.15, 0.2) is 35.0 Å². The Morgan fingerprint density at radius 1 is 1.08 bits per heavy atom. The summed E-state index contributed by atoms with van der Waals surface area (Å²) in [6.07, 6.45) is 0. The van der Waals surface area contributed by atoms with Crippen LogP contribution >= 0.6 is 22.7 Å². The lowest BCUT2D eigenvalue weighted by Crippen LogP contribution is -2.31. The van der Waals surface area contributed by atoms with E-state index in [1.165, 1.54) is 22.7 Å². The lowest BCUT2D eigenvalue weighted by atomic mass is 10.2. The number of carbonyl (C=O) groups is 2. The van der Waals surface area contributed by atoms with Crippen LogP contribution in [-0.4, -0.2) is 28.3 Å². The number of hydrogen-bond donors (Lipinski definition) is 1. The van der Waals surface area contributed by atoms with Crippen molar-refractivity contribution in [1.82, 2.24) is 9.97 Å². The molecule has 3 aromatic rings. The van der Waals surface area contributed by atoms with Crippen LogP contribution in [0.25, 0.3) is 0 Å². The zero-order valence-electron chi connectivity index (χ0n) is 14.6. The molecule has 0 aliphatic rings. The van der Waals surface area contributed by atoms with Crippen molar-refractivity contribution in [1.29, 1.82) is 0 Å². The fourth-order valence-electron chi connectivity index (χ4n) is 2.46. The van der Waals surface area contributed by atoms with E-state index < -0.39 is 0 Å². The Hall–Kier alpha value is -2.58. The molecule has 6 nitrogen and oxygen atoms in total. The quantitative estimate of drug-likeness (QED) is 0.715. The Morgan fingerprint density at radius 2 is 1.73 bits per heavy atom. The smallest absolute Gasteiger partial charge is 0.277 e. The number of carbonyl (C=O) groups excluding carboxylic acids is 2. The molecule has 26 heavy (non-hydrogen) atoms. The fourth-order valence-corrected chi connectivity index (χ4v) is 3.64. The number of hydrogen-bond acceptors (Lipinski definition) is 6. The van der Waals surface area contributed by atoms with Gasteiger partial charge in [-0.3, -0.25) is 9.59 Å². The van der Waals surface area contributed by atoms with Crippen LogP contribution in [-0.2, 0) is 0 Å². The number of aromatic nitrogens is 2. The highest BCUT2D eigenvalue weighted by Crippen LogP contribution is 2.22. The van der Waals surface area contributed by atoms with Crippen molar-refractivity contribution >= 4 is 45.9 Å². The van der Waals surface area contributed by atoms with E-state index in [2.05, 4.69) is 15.3 Å². The maximum atomic E-state index is 12.7. The molecule has 3 rings (SSSR count). The molecule has 0 aliphatic heterocycles. The Labute approximate surface area is 159 Å². The molecular formula is C18H18N4O2S2. The van der Waals surface area contributed by atoms with Crippen LogP contribution in [0.2, 0.25) is 0 Å². The van der Waals surface area contributed by atoms with E-state index in [4.69, 9.17) is 0 Å². The summed E-state index contributed by atoms with van der Waals surface area (Å²) >= 11 is 2.87. The number of rotatable bonds is 5. The summed E-state index contributed by atoms with van der Waals surface area (Å²) in [5, 5.41) is 8.00. The van der Waals surface area contributed by atoms with Gasteiger partial charge in [-0.1, -0.05) is 6.07 Å². The maximum absolute atomic E-state index is 12.7. The van der Waals surface area contributed by atoms with Gasteiger partial charge in [0.25, 0.3) is 11.8 Å². The largest absolute Gasteiger partial charge is 0.321 e. The Morgan fingerprint density at radius 3 is 2.31 bits per heavy atom. The molecule has 1 N–H and O–H groups in total. The number of anilines is 2. The highest BCUT2D eigenvalue weighted by molar-refractivity contribution is 7.10. The van der Waals surface area contributed by atoms with Crippen LogP contribution in [0.4, 0.5) is 11.4 Å². The van der Waals surface area contributed by atoms with E-state index in [0.29, 0.717) is 29.3 Å². The molecule has 0 saturated carbocycles. The molecule has 8 heteroatoms. The molecular weight excluding hydrogens is 368 g/mol. The van der Waals surface area contributed by atoms with E-state index in [1.807, 2.05) is 26.8 Å². The molecule has 0 bridgehead atoms. The summed E-state index contributed by atoms with van der Waals surface area (Å²) in [6.45, 7) is 6.12. The number of aryl methyl sites for hydroxylation is 2. The second-order valence-electron chi connectivity index (χ2n) is 5.56. The summed E-state index contributed by atoms with van der Waals surface area (Å²) in [4.78, 5) is 35.1. The van der Waals surface area contributed by atoms with E-state index in [0.717, 1.165) is 10.0 Å². The summed E-state index contributed by atoms with van der Waals surface area (Å²) in [7, 11) is 0. The average Bonchev–Trinajstić information content (AvgIpc) is 3.24. The SMILES string of the molecule is CCN(C(=O)c1csc(C)n1)c1cccc(NC(=O)c2csc(C)n2)c1. The Bertz CT molecular complexity index is 948. The molecule has 1 aromatic carbocycles. The minimum Gasteiger partial charge on any atom is -0.321 e. The van der Waals surface area contributed by atoms with Gasteiger partial charge in [0.15, 0.2) is 0 Å². The predicted molar refractivity (Wildman–Crippen MR) is 105 cm³/mol. The van der Waals surface area contributed by atoms with Crippen molar-refractivity contribution < 1.29 is 9.59 Å². The molecule has 0 spiro atoms. The first kappa shape index (κ1) is 18.2. The van der Waals surface area contributed by atoms with Gasteiger partial charge in [0.2, 0.25) is 0 Å². The Kier molecular flexibility index (Phi) is 5.43. The summed E-state index contributed by atoms with van der Waals surface area (Å²) in [5.74, 6) is -0.425. The second kappa shape index (κ2) is 7.76. The lowest BCUT2D eigenvalue weighted by molar-refractivity contribution is 0.0983. The van der Waals surface area contributed by atoms with Gasteiger partial charge in [0, 0.05) is 28.7 Å². The van der Waals surface area contributed by atoms with Crippen LogP contribution in [0.1, 0.15) is 37.9 Å². The van der Waals surface area contributed by atoms with Crippen molar-refractivity contribution in [3.05, 3.63) is 56.4 Å². The number of nitrogens with one attached hydrogen (secondary N) is 1. The third kappa shape index (κ3) is 3.97. The molecule has 0 aliphatic carbocycles. The highest BCUT2D eigenvalue weighted by atomic mass is 32.1. The van der Waals surface area contributed by atoms with Crippen LogP contribution in [0.5, 0.6) is 0 Å². The van der Waals surface area contributed by atoms with Crippen molar-refractivity contribution in [2.45, 2.75) is 20.8 Å². The van der Waals surface area contributed by atoms with Crippen molar-refractivity contribution in [3.8, 4) is 0 Å². The number of nitrogens with zero attached hydrogens (tertiary/aromatic N) is 3. The maximum Gasteiger partial charge on any atom is 0.277 e. The summed E-state index contributed by atoms with van der Waals surface area (Å²) in [6, 6.07) is 7.20. The third-order valence-electron chi connectivity index (χ3n) is 3.67. The molecule has 2 heterocycles. The summed E-state index contributed by atoms with van der Waals surface area (Å²) in [5.41, 5.74) is 2.13. The monoisotopic (exact) mass is 386 g/mol. The van der Waals surface area contributed by atoms with Gasteiger partial charge in [-0.25, -0.2) is 9.97 Å². The van der Waals surface area contributed by atoms with Crippen LogP contribution in [0, 0.1) is 13.8 Å². The first-order chi connectivity index (χ1) is 12.5. The van der Waals surface area contributed by atoms with Crippen molar-refractivity contribution in [3.63, 3.8) is 0 Å². The fraction of sp³-hybridized carbons (Fsp3) is 0.222. The van der Waals surface area contributed by atoms with Crippen molar-refractivity contribution in [2.75, 3.05) is 16.8 Å². The van der Waals surface area contributed by atoms with E-state index in [9.17, 15) is 9.59 Å². The van der Waals surface area contributed by atoms with Gasteiger partial charge < -0.3 is 10.2 Å². The standard InChI is InChI=1S/C18H18N4O2S2/c1-4-22(18(24)16-10-26-12(3)20-16)14-7-5-6-13(8-14)21-17(23)15-9-25-11(2)19-15/h5-10H,4H2,1-3H3,(H,21,23). The van der Waals surface area contributed by atoms with E-state index in [-0.39, 0.29) is 11.8 Å². The minimum absolute atomic E-state index is 0.157. The first-order valence-electron chi connectivity index (χ1n) is 8.05. The summed E-state index contributed by atoms with van der Waals surface area (Å²) < 4.78 is 0. The molecule has 2 aromatic heterocycles. The molecule has 0 fully saturated rings. The number of amides is 2. The first-order valence-corrected chi connectivity index (χ1v) is 9.81. The van der Waals surface area contributed by atoms with Crippen LogP contribution in [0.3, 0.4) is 0 Å². The molecule has 2 amide bonds. The van der Waals surface area contributed by atoms with E-state index >= 15 is 0 Å². The van der Waals surface area contributed by atoms with Gasteiger partial charge in [0.1, 0.15) is 11.4 Å². The molecule has 0 atom stereocenters. The second-order valence-corrected chi connectivity index (χ2v) is 7.68. The zero-order chi connectivity index (χ0) is 18.7. The normalized spacial score (nSPS) is 10.6. The topological polar surface area (TPSA) is 75.2 Å². The molecule has 134 valence electrons. The number of benzene rings is 1. The Balaban J connectivity index is 1.80. The van der Waals surface area contributed by atoms with Gasteiger partial charge in [-0.2, -0.15) is 0 Å². The molecule has 0 radical (unpaired) electrons. The van der Waals surface area contributed by atoms with E-state index in [1.54, 1.807) is 33.9 Å². The van der Waals surface area contributed by atoms with Gasteiger partial charge in [0.05, 0.1) is 10.0 Å². The van der Waals surface area contributed by atoms with Crippen LogP contribution < -0.4 is 10.2 Å². The lowest BCUT2D eigenvalue weighted by Gasteiger charge is -2.20. The van der Waals surface area contributed by atoms with Crippen molar-refractivity contribution in [2.24, 2.45) is 0 Å². The zero-order valence-corrected chi connectivity index (χ0v) is 16.3. The van der Waals surface area contributed by atoms with Gasteiger partial charge >= 0.3 is 0 Å². The third-order valence-corrected chi connectivity index (χ3v) is 5.21. The predicted octanol–water partition coefficient (Wildman–Crippen LogP) is 4.14. The molecule has 0 saturated heterocycles. The van der Waals surface area contributed by atoms with Gasteiger partial charge in [-0.15, -0.1) is 22.7 Å². The van der Waals surface area contributed by atoms with Gasteiger partial charge in [-0.05, 0) is 39.0 Å². The minimum atomic E-state index is -0.268.